The maximum atomic E-state index is 13.1. The quantitative estimate of drug-likeness (QED) is 0.677. The number of carbonyl (C=O) groups excluding carboxylic acids is 3. The van der Waals surface area contributed by atoms with Gasteiger partial charge in [-0.15, -0.1) is 0 Å². The minimum absolute atomic E-state index is 0.0969. The minimum atomic E-state index is -0.743. The van der Waals surface area contributed by atoms with E-state index in [1.165, 1.54) is 13.2 Å². The van der Waals surface area contributed by atoms with Crippen molar-refractivity contribution in [3.63, 3.8) is 0 Å². The predicted molar refractivity (Wildman–Crippen MR) is 92.0 cm³/mol. The summed E-state index contributed by atoms with van der Waals surface area (Å²) in [6.45, 7) is 2.92. The normalized spacial score (nSPS) is 30.7. The number of hydrogen-bond donors (Lipinski definition) is 1. The number of rotatable bonds is 6. The molecule has 2 saturated heterocycles. The standard InChI is InChI=1S/C18H22N4O5/c1-11(23)19-6-7-22-10-18-5-3-13(27-18)14(15(18)17(22)25)16(24)21(2)9-12-4-8-26-20-12/h3-5,8,13-15H,6-7,9-10H2,1-2H3,(H,19,23)/t13-,14-,15-,18-/m0/s1. The number of fused-ring (bicyclic) bond motifs is 1. The Morgan fingerprint density at radius 3 is 3.00 bits per heavy atom. The van der Waals surface area contributed by atoms with Crippen molar-refractivity contribution in [1.29, 1.82) is 0 Å². The Kier molecular flexibility index (Phi) is 4.26. The molecule has 2 fully saturated rings. The van der Waals surface area contributed by atoms with Crippen LogP contribution in [0, 0.1) is 11.8 Å². The van der Waals surface area contributed by atoms with Gasteiger partial charge in [-0.05, 0) is 0 Å². The number of likely N-dealkylation sites (tertiary alicyclic amines) is 1. The first-order valence-corrected chi connectivity index (χ1v) is 8.96. The molecule has 0 saturated carbocycles. The number of amides is 3. The van der Waals surface area contributed by atoms with E-state index in [1.807, 2.05) is 12.2 Å². The molecule has 4 atom stereocenters. The molecular weight excluding hydrogens is 352 g/mol. The van der Waals surface area contributed by atoms with E-state index >= 15 is 0 Å². The van der Waals surface area contributed by atoms with Gasteiger partial charge in [0.2, 0.25) is 17.7 Å². The van der Waals surface area contributed by atoms with Gasteiger partial charge in [0.25, 0.3) is 0 Å². The number of nitrogens with one attached hydrogen (secondary N) is 1. The van der Waals surface area contributed by atoms with E-state index in [0.717, 1.165) is 0 Å². The Morgan fingerprint density at radius 2 is 2.30 bits per heavy atom. The molecule has 1 aromatic heterocycles. The molecule has 4 heterocycles. The maximum Gasteiger partial charge on any atom is 0.230 e. The molecule has 3 aliphatic rings. The van der Waals surface area contributed by atoms with Crippen molar-refractivity contribution in [3.8, 4) is 0 Å². The highest BCUT2D eigenvalue weighted by Gasteiger charge is 2.66. The van der Waals surface area contributed by atoms with Crippen LogP contribution in [0.1, 0.15) is 12.6 Å². The molecule has 27 heavy (non-hydrogen) atoms. The van der Waals surface area contributed by atoms with Crippen LogP contribution in [0.15, 0.2) is 29.0 Å². The van der Waals surface area contributed by atoms with Gasteiger partial charge in [0.05, 0.1) is 31.0 Å². The summed E-state index contributed by atoms with van der Waals surface area (Å²) in [4.78, 5) is 40.4. The Labute approximate surface area is 156 Å². The highest BCUT2D eigenvalue weighted by Crippen LogP contribution is 2.52. The van der Waals surface area contributed by atoms with Crippen LogP contribution in [0.5, 0.6) is 0 Å². The number of carbonyl (C=O) groups is 3. The van der Waals surface area contributed by atoms with Crippen LogP contribution < -0.4 is 5.32 Å². The molecule has 3 amide bonds. The van der Waals surface area contributed by atoms with Crippen molar-refractivity contribution in [2.75, 3.05) is 26.7 Å². The SMILES string of the molecule is CC(=O)NCCN1C[C@]23C=C[C@H](O2)[C@H](C(=O)N(C)Cc2ccon2)[C@H]3C1=O. The smallest absolute Gasteiger partial charge is 0.230 e. The molecule has 0 aromatic carbocycles. The highest BCUT2D eigenvalue weighted by molar-refractivity contribution is 5.93. The summed E-state index contributed by atoms with van der Waals surface area (Å²) in [5, 5.41) is 6.52. The van der Waals surface area contributed by atoms with Gasteiger partial charge in [-0.2, -0.15) is 0 Å². The lowest BCUT2D eigenvalue weighted by Crippen LogP contribution is -2.44. The third kappa shape index (κ3) is 2.91. The van der Waals surface area contributed by atoms with Gasteiger partial charge < -0.3 is 24.4 Å². The monoisotopic (exact) mass is 374 g/mol. The first-order chi connectivity index (χ1) is 12.9. The molecular formula is C18H22N4O5. The van der Waals surface area contributed by atoms with Crippen molar-refractivity contribution in [2.24, 2.45) is 11.8 Å². The summed E-state index contributed by atoms with van der Waals surface area (Å²) in [7, 11) is 1.69. The zero-order chi connectivity index (χ0) is 19.2. The Balaban J connectivity index is 1.48. The predicted octanol–water partition coefficient (Wildman–Crippen LogP) is -0.449. The average Bonchev–Trinajstić information content (AvgIpc) is 3.37. The minimum Gasteiger partial charge on any atom is -0.364 e. The van der Waals surface area contributed by atoms with Gasteiger partial charge in [-0.1, -0.05) is 17.3 Å². The van der Waals surface area contributed by atoms with Crippen molar-refractivity contribution >= 4 is 17.7 Å². The van der Waals surface area contributed by atoms with Crippen LogP contribution in [-0.4, -0.2) is 71.1 Å². The third-order valence-electron chi connectivity index (χ3n) is 5.49. The molecule has 9 heteroatoms. The summed E-state index contributed by atoms with van der Waals surface area (Å²) >= 11 is 0. The second kappa shape index (κ2) is 6.49. The molecule has 1 N–H and O–H groups in total. The van der Waals surface area contributed by atoms with E-state index in [2.05, 4.69) is 10.5 Å². The number of nitrogens with zero attached hydrogens (tertiary/aromatic N) is 3. The number of hydrogen-bond acceptors (Lipinski definition) is 6. The number of ether oxygens (including phenoxy) is 1. The molecule has 1 spiro atoms. The van der Waals surface area contributed by atoms with Crippen LogP contribution in [0.2, 0.25) is 0 Å². The number of aromatic nitrogens is 1. The fourth-order valence-corrected chi connectivity index (χ4v) is 4.31. The van der Waals surface area contributed by atoms with E-state index in [1.54, 1.807) is 22.9 Å². The molecule has 4 rings (SSSR count). The van der Waals surface area contributed by atoms with Gasteiger partial charge >= 0.3 is 0 Å². The van der Waals surface area contributed by atoms with Crippen molar-refractivity contribution < 1.29 is 23.6 Å². The van der Waals surface area contributed by atoms with Gasteiger partial charge in [0.15, 0.2) is 0 Å². The van der Waals surface area contributed by atoms with E-state index < -0.39 is 17.4 Å². The zero-order valence-electron chi connectivity index (χ0n) is 15.3. The second-order valence-corrected chi connectivity index (χ2v) is 7.33. The summed E-state index contributed by atoms with van der Waals surface area (Å²) < 4.78 is 10.9. The van der Waals surface area contributed by atoms with Crippen molar-refractivity contribution in [1.82, 2.24) is 20.3 Å². The maximum absolute atomic E-state index is 13.1. The lowest BCUT2D eigenvalue weighted by atomic mass is 9.76. The molecule has 9 nitrogen and oxygen atoms in total. The van der Waals surface area contributed by atoms with Crippen LogP contribution in [0.25, 0.3) is 0 Å². The van der Waals surface area contributed by atoms with Gasteiger partial charge in [-0.25, -0.2) is 0 Å². The lowest BCUT2D eigenvalue weighted by Gasteiger charge is -2.27. The van der Waals surface area contributed by atoms with Crippen LogP contribution in [0.3, 0.4) is 0 Å². The van der Waals surface area contributed by atoms with Gasteiger partial charge in [-0.3, -0.25) is 14.4 Å². The summed E-state index contributed by atoms with van der Waals surface area (Å²) in [5.74, 6) is -1.46. The molecule has 144 valence electrons. The third-order valence-corrected chi connectivity index (χ3v) is 5.49. The second-order valence-electron chi connectivity index (χ2n) is 7.33. The first kappa shape index (κ1) is 17.7. The van der Waals surface area contributed by atoms with Crippen molar-refractivity contribution in [2.45, 2.75) is 25.2 Å². The lowest BCUT2D eigenvalue weighted by molar-refractivity contribution is -0.142. The molecule has 0 radical (unpaired) electrons. The van der Waals surface area contributed by atoms with E-state index in [4.69, 9.17) is 9.26 Å². The Bertz CT molecular complexity index is 792. The summed E-state index contributed by atoms with van der Waals surface area (Å²) in [6, 6.07) is 1.70. The Morgan fingerprint density at radius 1 is 1.48 bits per heavy atom. The average molecular weight is 374 g/mol. The molecule has 1 aromatic rings. The van der Waals surface area contributed by atoms with E-state index in [-0.39, 0.29) is 23.8 Å². The van der Waals surface area contributed by atoms with Gasteiger partial charge in [0, 0.05) is 33.1 Å². The zero-order valence-corrected chi connectivity index (χ0v) is 15.3. The molecule has 0 unspecified atom stereocenters. The first-order valence-electron chi connectivity index (χ1n) is 8.96. The summed E-state index contributed by atoms with van der Waals surface area (Å²) in [6.07, 6.45) is 4.87. The van der Waals surface area contributed by atoms with Crippen molar-refractivity contribution in [3.05, 3.63) is 30.2 Å². The molecule has 2 bridgehead atoms. The van der Waals surface area contributed by atoms with Crippen LogP contribution in [0.4, 0.5) is 0 Å². The summed E-state index contributed by atoms with van der Waals surface area (Å²) in [5.41, 5.74) is -0.0950. The van der Waals surface area contributed by atoms with Crippen LogP contribution >= 0.6 is 0 Å². The fraction of sp³-hybridized carbons (Fsp3) is 0.556. The van der Waals surface area contributed by atoms with E-state index in [0.29, 0.717) is 31.9 Å². The fourth-order valence-electron chi connectivity index (χ4n) is 4.31. The molecule has 3 aliphatic heterocycles. The topological polar surface area (TPSA) is 105 Å². The Hall–Kier alpha value is -2.68. The van der Waals surface area contributed by atoms with Gasteiger partial charge in [0.1, 0.15) is 17.6 Å². The largest absolute Gasteiger partial charge is 0.364 e. The molecule has 0 aliphatic carbocycles. The van der Waals surface area contributed by atoms with E-state index in [9.17, 15) is 14.4 Å². The highest BCUT2D eigenvalue weighted by atomic mass is 16.5. The van der Waals surface area contributed by atoms with Crippen LogP contribution in [-0.2, 0) is 25.7 Å².